The van der Waals surface area contributed by atoms with Crippen molar-refractivity contribution in [2.24, 2.45) is 0 Å². The van der Waals surface area contributed by atoms with Gasteiger partial charge in [-0.05, 0) is 0 Å². The first-order valence-corrected chi connectivity index (χ1v) is 4.28. The number of rotatable bonds is 1. The van der Waals surface area contributed by atoms with Crippen molar-refractivity contribution >= 4 is 12.0 Å². The van der Waals surface area contributed by atoms with Gasteiger partial charge in [-0.25, -0.2) is 4.79 Å². The quantitative estimate of drug-likeness (QED) is 0.607. The molecule has 1 rings (SSSR count). The van der Waals surface area contributed by atoms with Crippen LogP contribution in [0, 0.1) is 0 Å². The maximum Gasteiger partial charge on any atom is 0.322 e. The number of hydrogen-bond acceptors (Lipinski definition) is 3. The molecule has 1 saturated heterocycles. The van der Waals surface area contributed by atoms with Crippen LogP contribution in [0.5, 0.6) is 0 Å². The molecule has 86 valence electrons. The van der Waals surface area contributed by atoms with E-state index in [0.717, 1.165) is 11.8 Å². The molecule has 7 heteroatoms. The third-order valence-corrected chi connectivity index (χ3v) is 2.07. The molecular weight excluding hydrogens is 210 g/mol. The van der Waals surface area contributed by atoms with Crippen LogP contribution in [0.15, 0.2) is 0 Å². The summed E-state index contributed by atoms with van der Waals surface area (Å²) in [6.45, 7) is 0.265. The Kier molecular flexibility index (Phi) is 2.83. The summed E-state index contributed by atoms with van der Waals surface area (Å²) in [5.41, 5.74) is 0. The highest BCUT2D eigenvalue weighted by molar-refractivity contribution is 5.76. The summed E-state index contributed by atoms with van der Waals surface area (Å²) < 4.78 is 31.2. The Bertz CT molecular complexity index is 296. The van der Waals surface area contributed by atoms with Crippen LogP contribution >= 0.6 is 0 Å². The normalized spacial score (nSPS) is 25.4. The van der Waals surface area contributed by atoms with Gasteiger partial charge in [0.15, 0.2) is 0 Å². The lowest BCUT2D eigenvalue weighted by Gasteiger charge is -2.41. The summed E-state index contributed by atoms with van der Waals surface area (Å²) in [4.78, 5) is 23.5. The Morgan fingerprint density at radius 3 is 2.53 bits per heavy atom. The van der Waals surface area contributed by atoms with E-state index < -0.39 is 30.7 Å². The number of alkyl halides is 2. The van der Waals surface area contributed by atoms with Gasteiger partial charge in [0, 0.05) is 21.0 Å². The molecule has 1 aliphatic rings. The number of amides is 2. The second kappa shape index (κ2) is 3.63. The monoisotopic (exact) mass is 222 g/mol. The average molecular weight is 222 g/mol. The first-order chi connectivity index (χ1) is 6.75. The molecule has 0 N–H and O–H groups in total. The Morgan fingerprint density at radius 2 is 2.07 bits per heavy atom. The molecule has 0 aromatic heterocycles. The molecule has 0 bridgehead atoms. The van der Waals surface area contributed by atoms with E-state index in [2.05, 4.69) is 4.74 Å². The van der Waals surface area contributed by atoms with E-state index in [-0.39, 0.29) is 0 Å². The third kappa shape index (κ3) is 2.16. The molecule has 15 heavy (non-hydrogen) atoms. The molecule has 0 aliphatic carbocycles. The highest BCUT2D eigenvalue weighted by Gasteiger charge is 2.52. The van der Waals surface area contributed by atoms with Crippen LogP contribution in [0.1, 0.15) is 6.92 Å². The number of nitrogens with zero attached hydrogens (tertiary/aromatic N) is 2. The van der Waals surface area contributed by atoms with Crippen molar-refractivity contribution in [3.63, 3.8) is 0 Å². The zero-order valence-electron chi connectivity index (χ0n) is 8.66. The number of hydrogen-bond donors (Lipinski definition) is 0. The zero-order chi connectivity index (χ0) is 11.8. The van der Waals surface area contributed by atoms with Crippen LogP contribution in [0.3, 0.4) is 0 Å². The summed E-state index contributed by atoms with van der Waals surface area (Å²) in [7, 11) is 2.43. The Labute approximate surface area is 85.6 Å². The van der Waals surface area contributed by atoms with Crippen LogP contribution in [-0.2, 0) is 9.53 Å². The van der Waals surface area contributed by atoms with Crippen molar-refractivity contribution in [2.75, 3.05) is 20.6 Å². The fourth-order valence-electron chi connectivity index (χ4n) is 1.44. The van der Waals surface area contributed by atoms with E-state index >= 15 is 0 Å². The molecule has 2 amide bonds. The topological polar surface area (TPSA) is 49.9 Å². The Balaban J connectivity index is 2.90. The fourth-order valence-corrected chi connectivity index (χ4v) is 1.44. The SMILES string of the molecule is CC(=O)OC1N(C)C(=O)N(C)CC1(F)F. The van der Waals surface area contributed by atoms with Crippen molar-refractivity contribution in [3.8, 4) is 0 Å². The molecule has 5 nitrogen and oxygen atoms in total. The van der Waals surface area contributed by atoms with E-state index in [0.29, 0.717) is 4.90 Å². The number of urea groups is 1. The second-order valence-corrected chi connectivity index (χ2v) is 3.47. The molecule has 1 heterocycles. The third-order valence-electron chi connectivity index (χ3n) is 2.07. The van der Waals surface area contributed by atoms with E-state index in [9.17, 15) is 18.4 Å². The van der Waals surface area contributed by atoms with Gasteiger partial charge in [0.2, 0.25) is 6.23 Å². The lowest BCUT2D eigenvalue weighted by Crippen LogP contribution is -2.63. The largest absolute Gasteiger partial charge is 0.435 e. The van der Waals surface area contributed by atoms with E-state index in [4.69, 9.17) is 0 Å². The van der Waals surface area contributed by atoms with Gasteiger partial charge in [0.25, 0.3) is 0 Å². The molecular formula is C8H12F2N2O3. The summed E-state index contributed by atoms with van der Waals surface area (Å²) in [6, 6.07) is -0.604. The molecule has 0 aromatic carbocycles. The predicted molar refractivity (Wildman–Crippen MR) is 46.3 cm³/mol. The van der Waals surface area contributed by atoms with Gasteiger partial charge in [-0.2, -0.15) is 8.78 Å². The molecule has 0 radical (unpaired) electrons. The summed E-state index contributed by atoms with van der Waals surface area (Å²) >= 11 is 0. The van der Waals surface area contributed by atoms with Crippen molar-refractivity contribution in [2.45, 2.75) is 19.1 Å². The maximum atomic E-state index is 13.4. The highest BCUT2D eigenvalue weighted by Crippen LogP contribution is 2.29. The molecule has 1 unspecified atom stereocenters. The molecule has 1 atom stereocenters. The molecule has 0 saturated carbocycles. The standard InChI is InChI=1S/C8H12F2N2O3/c1-5(13)15-6-8(9,10)4-11(2)7(14)12(6)3/h6H,4H2,1-3H3. The molecule has 0 spiro atoms. The van der Waals surface area contributed by atoms with Crippen molar-refractivity contribution < 1.29 is 23.1 Å². The number of ether oxygens (including phenoxy) is 1. The Hall–Kier alpha value is -1.40. The smallest absolute Gasteiger partial charge is 0.322 e. The van der Waals surface area contributed by atoms with Gasteiger partial charge in [0.05, 0.1) is 6.54 Å². The first kappa shape index (κ1) is 11.7. The number of esters is 1. The van der Waals surface area contributed by atoms with E-state index in [1.54, 1.807) is 0 Å². The van der Waals surface area contributed by atoms with E-state index in [1.165, 1.54) is 14.1 Å². The van der Waals surface area contributed by atoms with Gasteiger partial charge in [-0.15, -0.1) is 0 Å². The van der Waals surface area contributed by atoms with Crippen molar-refractivity contribution in [1.29, 1.82) is 0 Å². The van der Waals surface area contributed by atoms with Crippen molar-refractivity contribution in [3.05, 3.63) is 0 Å². The number of carbonyl (C=O) groups excluding carboxylic acids is 2. The minimum absolute atomic E-state index is 0.604. The number of carbonyl (C=O) groups is 2. The first-order valence-electron chi connectivity index (χ1n) is 4.28. The average Bonchev–Trinajstić information content (AvgIpc) is 2.08. The van der Waals surface area contributed by atoms with Crippen LogP contribution < -0.4 is 0 Å². The van der Waals surface area contributed by atoms with Crippen LogP contribution in [0.25, 0.3) is 0 Å². The lowest BCUT2D eigenvalue weighted by molar-refractivity contribution is -0.208. The van der Waals surface area contributed by atoms with Gasteiger partial charge in [0.1, 0.15) is 0 Å². The number of halogens is 2. The van der Waals surface area contributed by atoms with Crippen LogP contribution in [0.4, 0.5) is 13.6 Å². The minimum atomic E-state index is -3.26. The second-order valence-electron chi connectivity index (χ2n) is 3.47. The van der Waals surface area contributed by atoms with Crippen LogP contribution in [-0.4, -0.2) is 54.6 Å². The molecule has 0 aromatic rings. The van der Waals surface area contributed by atoms with Crippen molar-refractivity contribution in [1.82, 2.24) is 9.80 Å². The fraction of sp³-hybridized carbons (Fsp3) is 0.750. The summed E-state index contributed by atoms with van der Waals surface area (Å²) in [5.74, 6) is -4.10. The highest BCUT2D eigenvalue weighted by atomic mass is 19.3. The summed E-state index contributed by atoms with van der Waals surface area (Å²) in [5, 5.41) is 0. The van der Waals surface area contributed by atoms with Gasteiger partial charge < -0.3 is 9.64 Å². The minimum Gasteiger partial charge on any atom is -0.435 e. The van der Waals surface area contributed by atoms with Gasteiger partial charge in [-0.3, -0.25) is 9.69 Å². The lowest BCUT2D eigenvalue weighted by atomic mass is 10.2. The van der Waals surface area contributed by atoms with Crippen LogP contribution in [0.2, 0.25) is 0 Å². The van der Waals surface area contributed by atoms with Gasteiger partial charge in [-0.1, -0.05) is 0 Å². The zero-order valence-corrected chi connectivity index (χ0v) is 8.66. The maximum absolute atomic E-state index is 13.4. The predicted octanol–water partition coefficient (Wildman–Crippen LogP) is 0.508. The molecule has 1 fully saturated rings. The van der Waals surface area contributed by atoms with Gasteiger partial charge >= 0.3 is 17.9 Å². The Morgan fingerprint density at radius 1 is 1.53 bits per heavy atom. The van der Waals surface area contributed by atoms with E-state index in [1.807, 2.05) is 0 Å². The summed E-state index contributed by atoms with van der Waals surface area (Å²) in [6.07, 6.45) is -1.82. The molecule has 1 aliphatic heterocycles.